The molecule has 0 aromatic heterocycles. The van der Waals surface area contributed by atoms with E-state index in [4.69, 9.17) is 4.74 Å². The Bertz CT molecular complexity index is 1490. The van der Waals surface area contributed by atoms with Crippen LogP contribution in [0.15, 0.2) is 95.9 Å². The molecule has 8 heteroatoms. The van der Waals surface area contributed by atoms with Crippen LogP contribution < -0.4 is 14.4 Å². The Morgan fingerprint density at radius 2 is 1.51 bits per heavy atom. The second kappa shape index (κ2) is 10.5. The lowest BCUT2D eigenvalue weighted by Crippen LogP contribution is -2.49. The molecule has 1 aliphatic heterocycles. The van der Waals surface area contributed by atoms with Gasteiger partial charge in [-0.05, 0) is 53.4 Å². The van der Waals surface area contributed by atoms with Gasteiger partial charge in [-0.1, -0.05) is 48.5 Å². The molecule has 0 radical (unpaired) electrons. The van der Waals surface area contributed by atoms with Crippen molar-refractivity contribution < 1.29 is 17.9 Å². The average Bonchev–Trinajstić information content (AvgIpc) is 2.93. The zero-order chi connectivity index (χ0) is 25.8. The van der Waals surface area contributed by atoms with E-state index < -0.39 is 10.0 Å². The summed E-state index contributed by atoms with van der Waals surface area (Å²) in [5, 5.41) is 1.57. The van der Waals surface area contributed by atoms with E-state index in [1.54, 1.807) is 31.4 Å². The Balaban J connectivity index is 1.19. The molecule has 5 rings (SSSR count). The number of piperazine rings is 1. The summed E-state index contributed by atoms with van der Waals surface area (Å²) in [5.74, 6) is 0.889. The van der Waals surface area contributed by atoms with E-state index in [2.05, 4.69) is 9.62 Å². The predicted molar refractivity (Wildman–Crippen MR) is 147 cm³/mol. The molecule has 4 aromatic rings. The summed E-state index contributed by atoms with van der Waals surface area (Å²) >= 11 is 0. The minimum Gasteiger partial charge on any atom is -0.497 e. The van der Waals surface area contributed by atoms with E-state index in [1.165, 1.54) is 0 Å². The van der Waals surface area contributed by atoms with Crippen LogP contribution in [-0.2, 0) is 21.2 Å². The molecule has 1 heterocycles. The van der Waals surface area contributed by atoms with Crippen LogP contribution in [0, 0.1) is 0 Å². The number of rotatable bonds is 7. The van der Waals surface area contributed by atoms with Crippen LogP contribution in [0.4, 0.5) is 11.4 Å². The Labute approximate surface area is 217 Å². The fourth-order valence-corrected chi connectivity index (χ4v) is 5.91. The van der Waals surface area contributed by atoms with Crippen LogP contribution in [0.25, 0.3) is 10.8 Å². The molecule has 0 unspecified atom stereocenters. The smallest absolute Gasteiger partial charge is 0.262 e. The number of amides is 1. The van der Waals surface area contributed by atoms with Crippen molar-refractivity contribution in [2.45, 2.75) is 11.3 Å². The summed E-state index contributed by atoms with van der Waals surface area (Å²) in [6.07, 6.45) is 0.371. The van der Waals surface area contributed by atoms with Gasteiger partial charge in [0.25, 0.3) is 10.0 Å². The number of sulfonamides is 1. The van der Waals surface area contributed by atoms with Gasteiger partial charge in [0, 0.05) is 42.9 Å². The maximum atomic E-state index is 13.1. The van der Waals surface area contributed by atoms with E-state index in [-0.39, 0.29) is 10.8 Å². The molecular formula is C29H29N3O4S. The number of carbonyl (C=O) groups excluding carboxylic acids is 1. The third-order valence-corrected chi connectivity index (χ3v) is 8.11. The van der Waals surface area contributed by atoms with Gasteiger partial charge < -0.3 is 14.5 Å². The highest BCUT2D eigenvalue weighted by Gasteiger charge is 2.22. The predicted octanol–water partition coefficient (Wildman–Crippen LogP) is 4.54. The van der Waals surface area contributed by atoms with Crippen LogP contribution in [0.2, 0.25) is 0 Å². The molecule has 7 nitrogen and oxygen atoms in total. The highest BCUT2D eigenvalue weighted by Crippen LogP contribution is 2.26. The molecule has 37 heavy (non-hydrogen) atoms. The van der Waals surface area contributed by atoms with Crippen molar-refractivity contribution in [2.24, 2.45) is 0 Å². The third kappa shape index (κ3) is 5.54. The van der Waals surface area contributed by atoms with E-state index in [0.29, 0.717) is 30.6 Å². The fourth-order valence-electron chi connectivity index (χ4n) is 4.62. The first-order chi connectivity index (χ1) is 17.9. The van der Waals surface area contributed by atoms with Gasteiger partial charge in [-0.15, -0.1) is 0 Å². The number of nitrogens with zero attached hydrogens (tertiary/aromatic N) is 2. The minimum atomic E-state index is -3.74. The van der Waals surface area contributed by atoms with Crippen molar-refractivity contribution in [1.82, 2.24) is 4.90 Å². The summed E-state index contributed by atoms with van der Waals surface area (Å²) in [7, 11) is -2.12. The highest BCUT2D eigenvalue weighted by atomic mass is 32.2. The molecule has 1 amide bonds. The second-order valence-electron chi connectivity index (χ2n) is 9.02. The molecule has 1 aliphatic rings. The first kappa shape index (κ1) is 24.6. The molecule has 0 bridgehead atoms. The molecule has 1 saturated heterocycles. The maximum Gasteiger partial charge on any atom is 0.262 e. The van der Waals surface area contributed by atoms with Gasteiger partial charge in [-0.2, -0.15) is 0 Å². The lowest BCUT2D eigenvalue weighted by molar-refractivity contribution is -0.130. The molecule has 0 spiro atoms. The molecule has 1 N–H and O–H groups in total. The van der Waals surface area contributed by atoms with E-state index in [9.17, 15) is 13.2 Å². The number of benzene rings is 4. The quantitative estimate of drug-likeness (QED) is 0.391. The molecule has 0 saturated carbocycles. The number of fused-ring (bicyclic) bond motifs is 1. The van der Waals surface area contributed by atoms with Gasteiger partial charge in [-0.3, -0.25) is 9.52 Å². The summed E-state index contributed by atoms with van der Waals surface area (Å²) in [6, 6.07) is 27.7. The topological polar surface area (TPSA) is 79.0 Å². The van der Waals surface area contributed by atoms with Gasteiger partial charge in [0.2, 0.25) is 5.91 Å². The van der Waals surface area contributed by atoms with E-state index >= 15 is 0 Å². The first-order valence-electron chi connectivity index (χ1n) is 12.2. The Hall–Kier alpha value is -4.04. The zero-order valence-corrected chi connectivity index (χ0v) is 21.4. The number of hydrogen-bond donors (Lipinski definition) is 1. The maximum absolute atomic E-state index is 13.1. The van der Waals surface area contributed by atoms with Crippen molar-refractivity contribution in [3.63, 3.8) is 0 Å². The van der Waals surface area contributed by atoms with Crippen molar-refractivity contribution in [3.8, 4) is 5.75 Å². The minimum absolute atomic E-state index is 0.114. The van der Waals surface area contributed by atoms with Crippen LogP contribution in [0.1, 0.15) is 5.56 Å². The number of hydrogen-bond acceptors (Lipinski definition) is 5. The SMILES string of the molecule is COc1ccc(CC(=O)N2CCN(c3ccc(NS(=O)(=O)c4cccc5ccccc45)cc3)CC2)cc1. The number of carbonyl (C=O) groups is 1. The number of nitrogens with one attached hydrogen (secondary N) is 1. The lowest BCUT2D eigenvalue weighted by Gasteiger charge is -2.36. The van der Waals surface area contributed by atoms with E-state index in [0.717, 1.165) is 35.5 Å². The number of anilines is 2. The van der Waals surface area contributed by atoms with Gasteiger partial charge in [0.15, 0.2) is 0 Å². The summed E-state index contributed by atoms with van der Waals surface area (Å²) < 4.78 is 34.1. The highest BCUT2D eigenvalue weighted by molar-refractivity contribution is 7.93. The van der Waals surface area contributed by atoms with Gasteiger partial charge in [-0.25, -0.2) is 8.42 Å². The second-order valence-corrected chi connectivity index (χ2v) is 10.7. The molecular weight excluding hydrogens is 486 g/mol. The van der Waals surface area contributed by atoms with Crippen LogP contribution >= 0.6 is 0 Å². The van der Waals surface area contributed by atoms with Crippen LogP contribution in [-0.4, -0.2) is 52.5 Å². The standard InChI is InChI=1S/C29H29N3O4S/c1-36-26-15-9-22(10-16-26)21-29(33)32-19-17-31(18-20-32)25-13-11-24(12-14-25)30-37(34,35)28-8-4-6-23-5-2-3-7-27(23)28/h2-16,30H,17-21H2,1H3. The summed E-state index contributed by atoms with van der Waals surface area (Å²) in [5.41, 5.74) is 2.47. The van der Waals surface area contributed by atoms with Gasteiger partial charge >= 0.3 is 0 Å². The van der Waals surface area contributed by atoms with Gasteiger partial charge in [0.1, 0.15) is 5.75 Å². The van der Waals surface area contributed by atoms with Crippen molar-refractivity contribution in [1.29, 1.82) is 0 Å². The third-order valence-electron chi connectivity index (χ3n) is 6.67. The molecule has 1 fully saturated rings. The summed E-state index contributed by atoms with van der Waals surface area (Å²) in [4.78, 5) is 17.1. The monoisotopic (exact) mass is 515 g/mol. The average molecular weight is 516 g/mol. The van der Waals surface area contributed by atoms with Crippen LogP contribution in [0.5, 0.6) is 5.75 Å². The zero-order valence-electron chi connectivity index (χ0n) is 20.6. The van der Waals surface area contributed by atoms with Crippen molar-refractivity contribution >= 4 is 38.1 Å². The van der Waals surface area contributed by atoms with Crippen molar-refractivity contribution in [3.05, 3.63) is 96.6 Å². The van der Waals surface area contributed by atoms with E-state index in [1.807, 2.05) is 71.6 Å². The number of ether oxygens (including phenoxy) is 1. The molecule has 0 aliphatic carbocycles. The molecule has 190 valence electrons. The van der Waals surface area contributed by atoms with Crippen LogP contribution in [0.3, 0.4) is 0 Å². The first-order valence-corrected chi connectivity index (χ1v) is 13.7. The Morgan fingerprint density at radius 3 is 2.22 bits per heavy atom. The Kier molecular flexibility index (Phi) is 7.01. The fraction of sp³-hybridized carbons (Fsp3) is 0.207. The lowest BCUT2D eigenvalue weighted by atomic mass is 10.1. The normalized spacial score (nSPS) is 14.0. The van der Waals surface area contributed by atoms with Gasteiger partial charge in [0.05, 0.1) is 18.4 Å². The Morgan fingerprint density at radius 1 is 0.838 bits per heavy atom. The summed E-state index contributed by atoms with van der Waals surface area (Å²) in [6.45, 7) is 2.72. The molecule has 4 aromatic carbocycles. The van der Waals surface area contributed by atoms with Crippen molar-refractivity contribution in [2.75, 3.05) is 42.9 Å². The molecule has 0 atom stereocenters. The number of methoxy groups -OCH3 is 1. The largest absolute Gasteiger partial charge is 0.497 e.